The first kappa shape index (κ1) is 22.8. The number of hydrogen-bond acceptors (Lipinski definition) is 8. The number of fused-ring (bicyclic) bond motifs is 1. The fraction of sp³-hybridized carbons (Fsp3) is 0.148. The highest BCUT2D eigenvalue weighted by atomic mass is 16.5. The Labute approximate surface area is 208 Å². The third kappa shape index (κ3) is 4.93. The number of benzene rings is 2. The minimum absolute atomic E-state index is 0.383. The van der Waals surface area contributed by atoms with Crippen molar-refractivity contribution in [2.45, 2.75) is 0 Å². The van der Waals surface area contributed by atoms with E-state index >= 15 is 0 Å². The van der Waals surface area contributed by atoms with Crippen molar-refractivity contribution in [2.75, 3.05) is 25.7 Å². The van der Waals surface area contributed by atoms with Gasteiger partial charge in [0.2, 0.25) is 0 Å². The Hall–Kier alpha value is -4.97. The largest absolute Gasteiger partial charge is 0.497 e. The maximum Gasteiger partial charge on any atom is 0.131 e. The van der Waals surface area contributed by atoms with E-state index in [9.17, 15) is 0 Å². The van der Waals surface area contributed by atoms with Gasteiger partial charge in [0.05, 0.1) is 56.1 Å². The van der Waals surface area contributed by atoms with Crippen LogP contribution in [0.25, 0.3) is 22.3 Å². The van der Waals surface area contributed by atoms with E-state index in [4.69, 9.17) is 14.5 Å². The van der Waals surface area contributed by atoms with E-state index in [2.05, 4.69) is 36.8 Å². The Bertz CT molecular complexity index is 1550. The summed E-state index contributed by atoms with van der Waals surface area (Å²) in [5, 5.41) is 4.24. The molecule has 0 radical (unpaired) electrons. The maximum absolute atomic E-state index is 5.50. The normalized spacial score (nSPS) is 10.5. The Kier molecular flexibility index (Phi) is 6.40. The standard InChI is InChI=1S/C27H23N7O2/c1-33-18-19(15-31-33)27-17-30-25-7-6-21(13-26(25)32-27)34(10-4-5-20-16-28-8-9-29-20)22-11-23(35-2)14-24(12-22)36-3/h6-9,11-18H,10H2,1-3H3. The zero-order chi connectivity index (χ0) is 24.9. The Morgan fingerprint density at radius 1 is 0.889 bits per heavy atom. The van der Waals surface area contributed by atoms with Crippen molar-refractivity contribution >= 4 is 22.4 Å². The molecule has 0 spiro atoms. The molecule has 0 bridgehead atoms. The molecule has 36 heavy (non-hydrogen) atoms. The number of rotatable bonds is 6. The van der Waals surface area contributed by atoms with Crippen molar-refractivity contribution in [2.24, 2.45) is 7.05 Å². The zero-order valence-corrected chi connectivity index (χ0v) is 20.1. The SMILES string of the molecule is COc1cc(OC)cc(N(CC#Cc2cnccn2)c2ccc3ncc(-c4cnn(C)c4)nc3c2)c1. The lowest BCUT2D eigenvalue weighted by molar-refractivity contribution is 0.394. The number of anilines is 2. The van der Waals surface area contributed by atoms with E-state index in [-0.39, 0.29) is 0 Å². The molecule has 9 nitrogen and oxygen atoms in total. The fourth-order valence-electron chi connectivity index (χ4n) is 3.71. The summed E-state index contributed by atoms with van der Waals surface area (Å²) in [6.45, 7) is 0.383. The van der Waals surface area contributed by atoms with E-state index in [1.54, 1.807) is 49.9 Å². The summed E-state index contributed by atoms with van der Waals surface area (Å²) in [7, 11) is 5.13. The van der Waals surface area contributed by atoms with E-state index in [0.717, 1.165) is 33.7 Å². The molecule has 0 unspecified atom stereocenters. The van der Waals surface area contributed by atoms with Crippen molar-refractivity contribution in [1.82, 2.24) is 29.7 Å². The smallest absolute Gasteiger partial charge is 0.131 e. The molecular formula is C27H23N7O2. The first-order chi connectivity index (χ1) is 17.6. The van der Waals surface area contributed by atoms with Crippen LogP contribution in [0, 0.1) is 11.8 Å². The number of aromatic nitrogens is 6. The molecule has 0 amide bonds. The van der Waals surface area contributed by atoms with Crippen LogP contribution in [0.15, 0.2) is 73.6 Å². The van der Waals surface area contributed by atoms with Gasteiger partial charge in [-0.2, -0.15) is 5.10 Å². The number of hydrogen-bond donors (Lipinski definition) is 0. The molecule has 0 aliphatic rings. The van der Waals surface area contributed by atoms with E-state index in [1.165, 1.54) is 0 Å². The molecule has 3 heterocycles. The Balaban J connectivity index is 1.58. The van der Waals surface area contributed by atoms with E-state index in [0.29, 0.717) is 23.7 Å². The van der Waals surface area contributed by atoms with Crippen molar-refractivity contribution in [3.05, 3.63) is 79.3 Å². The zero-order valence-electron chi connectivity index (χ0n) is 20.1. The van der Waals surface area contributed by atoms with Gasteiger partial charge in [-0.05, 0) is 24.1 Å². The van der Waals surface area contributed by atoms with Crippen LogP contribution < -0.4 is 14.4 Å². The second kappa shape index (κ2) is 10.1. The number of methoxy groups -OCH3 is 2. The number of nitrogens with zero attached hydrogens (tertiary/aromatic N) is 7. The molecule has 0 saturated carbocycles. The molecule has 0 saturated heterocycles. The molecule has 2 aromatic carbocycles. The average Bonchev–Trinajstić information content (AvgIpc) is 3.37. The van der Waals surface area contributed by atoms with Gasteiger partial charge in [-0.1, -0.05) is 5.92 Å². The second-order valence-electron chi connectivity index (χ2n) is 7.88. The number of aryl methyl sites for hydroxylation is 1. The molecule has 0 N–H and O–H groups in total. The first-order valence-electron chi connectivity index (χ1n) is 11.1. The van der Waals surface area contributed by atoms with Gasteiger partial charge in [0.25, 0.3) is 0 Å². The van der Waals surface area contributed by atoms with Gasteiger partial charge in [0.15, 0.2) is 0 Å². The third-order valence-corrected chi connectivity index (χ3v) is 5.50. The van der Waals surface area contributed by atoms with Gasteiger partial charge in [0, 0.05) is 60.8 Å². The minimum Gasteiger partial charge on any atom is -0.497 e. The Morgan fingerprint density at radius 2 is 1.72 bits per heavy atom. The Morgan fingerprint density at radius 3 is 2.42 bits per heavy atom. The van der Waals surface area contributed by atoms with Crippen LogP contribution in [-0.4, -0.2) is 50.5 Å². The van der Waals surface area contributed by atoms with Gasteiger partial charge in [-0.25, -0.2) is 9.97 Å². The van der Waals surface area contributed by atoms with Crippen LogP contribution in [0.5, 0.6) is 11.5 Å². The van der Waals surface area contributed by atoms with Crippen LogP contribution in [0.3, 0.4) is 0 Å². The number of ether oxygens (including phenoxy) is 2. The van der Waals surface area contributed by atoms with Gasteiger partial charge in [0.1, 0.15) is 17.2 Å². The summed E-state index contributed by atoms with van der Waals surface area (Å²) in [6, 6.07) is 11.7. The summed E-state index contributed by atoms with van der Waals surface area (Å²) in [4.78, 5) is 19.8. The molecule has 0 aliphatic carbocycles. The van der Waals surface area contributed by atoms with Crippen molar-refractivity contribution < 1.29 is 9.47 Å². The predicted molar refractivity (Wildman–Crippen MR) is 137 cm³/mol. The molecular weight excluding hydrogens is 454 g/mol. The molecule has 0 aliphatic heterocycles. The third-order valence-electron chi connectivity index (χ3n) is 5.50. The summed E-state index contributed by atoms with van der Waals surface area (Å²) >= 11 is 0. The lowest BCUT2D eigenvalue weighted by Gasteiger charge is -2.24. The molecule has 0 fully saturated rings. The molecule has 3 aromatic heterocycles. The van der Waals surface area contributed by atoms with Crippen LogP contribution in [-0.2, 0) is 7.05 Å². The highest BCUT2D eigenvalue weighted by molar-refractivity contribution is 5.83. The minimum atomic E-state index is 0.383. The van der Waals surface area contributed by atoms with Crippen LogP contribution >= 0.6 is 0 Å². The first-order valence-corrected chi connectivity index (χ1v) is 11.1. The summed E-state index contributed by atoms with van der Waals surface area (Å²) < 4.78 is 12.7. The molecule has 9 heteroatoms. The molecule has 178 valence electrons. The van der Waals surface area contributed by atoms with Crippen LogP contribution in [0.4, 0.5) is 11.4 Å². The summed E-state index contributed by atoms with van der Waals surface area (Å²) in [5.41, 5.74) is 5.56. The quantitative estimate of drug-likeness (QED) is 0.339. The van der Waals surface area contributed by atoms with E-state index < -0.39 is 0 Å². The predicted octanol–water partition coefficient (Wildman–Crippen LogP) is 4.03. The van der Waals surface area contributed by atoms with Gasteiger partial charge in [-0.3, -0.25) is 14.6 Å². The molecule has 5 rings (SSSR count). The second-order valence-corrected chi connectivity index (χ2v) is 7.88. The topological polar surface area (TPSA) is 91.1 Å². The monoisotopic (exact) mass is 477 g/mol. The fourth-order valence-corrected chi connectivity index (χ4v) is 3.71. The van der Waals surface area contributed by atoms with Crippen molar-refractivity contribution in [1.29, 1.82) is 0 Å². The van der Waals surface area contributed by atoms with Gasteiger partial charge < -0.3 is 14.4 Å². The molecule has 0 atom stereocenters. The summed E-state index contributed by atoms with van der Waals surface area (Å²) in [5.74, 6) is 7.64. The van der Waals surface area contributed by atoms with Crippen LogP contribution in [0.2, 0.25) is 0 Å². The lowest BCUT2D eigenvalue weighted by Crippen LogP contribution is -2.17. The average molecular weight is 478 g/mol. The van der Waals surface area contributed by atoms with Gasteiger partial charge >= 0.3 is 0 Å². The molecule has 5 aromatic rings. The highest BCUT2D eigenvalue weighted by Crippen LogP contribution is 2.34. The van der Waals surface area contributed by atoms with Crippen LogP contribution in [0.1, 0.15) is 5.69 Å². The van der Waals surface area contributed by atoms with Crippen molar-refractivity contribution in [3.8, 4) is 34.6 Å². The van der Waals surface area contributed by atoms with E-state index in [1.807, 2.05) is 49.6 Å². The summed E-state index contributed by atoms with van der Waals surface area (Å²) in [6.07, 6.45) is 10.3. The van der Waals surface area contributed by atoms with Gasteiger partial charge in [-0.15, -0.1) is 0 Å². The maximum atomic E-state index is 5.50. The highest BCUT2D eigenvalue weighted by Gasteiger charge is 2.14. The van der Waals surface area contributed by atoms with Crippen molar-refractivity contribution in [3.63, 3.8) is 0 Å². The lowest BCUT2D eigenvalue weighted by atomic mass is 10.2.